The molecule has 0 aromatic rings. The van der Waals surface area contributed by atoms with Crippen LogP contribution in [-0.4, -0.2) is 0 Å². The molecule has 0 aliphatic heterocycles. The van der Waals surface area contributed by atoms with Crippen LogP contribution >= 0.6 is 0 Å². The molecular weight excluding hydrogens is 324 g/mol. The van der Waals surface area contributed by atoms with Gasteiger partial charge in [0, 0.05) is 0 Å². The second kappa shape index (κ2) is 10.9. The molecule has 1 aliphatic rings. The Labute approximate surface area is 172 Å². The first-order valence-electron chi connectivity index (χ1n) is 11.8. The topological polar surface area (TPSA) is 0 Å². The SMILES string of the molecule is C=C(C)CC(C)(C)CC(=C)CCC1CC(CC(C)CCC)C(C)C(C)C1C. The molecule has 6 unspecified atom stereocenters. The van der Waals surface area contributed by atoms with Crippen LogP contribution in [0.4, 0.5) is 0 Å². The van der Waals surface area contributed by atoms with Crippen molar-refractivity contribution in [2.24, 2.45) is 40.9 Å². The van der Waals surface area contributed by atoms with E-state index in [4.69, 9.17) is 0 Å². The molecule has 1 rings (SSSR count). The van der Waals surface area contributed by atoms with Crippen molar-refractivity contribution in [3.63, 3.8) is 0 Å². The fraction of sp³-hybridized carbons (Fsp3) is 0.852. The van der Waals surface area contributed by atoms with Crippen LogP contribution in [0, 0.1) is 40.9 Å². The van der Waals surface area contributed by atoms with Crippen LogP contribution in [0.5, 0.6) is 0 Å². The first kappa shape index (κ1) is 24.5. The summed E-state index contributed by atoms with van der Waals surface area (Å²) in [6.07, 6.45) is 10.4. The zero-order valence-corrected chi connectivity index (χ0v) is 20.0. The summed E-state index contributed by atoms with van der Waals surface area (Å²) < 4.78 is 0. The number of rotatable bonds is 11. The first-order chi connectivity index (χ1) is 12.5. The molecule has 6 atom stereocenters. The van der Waals surface area contributed by atoms with Gasteiger partial charge >= 0.3 is 0 Å². The van der Waals surface area contributed by atoms with Crippen LogP contribution in [0.1, 0.15) is 107 Å². The second-order valence-corrected chi connectivity index (χ2v) is 11.2. The van der Waals surface area contributed by atoms with Crippen molar-refractivity contribution in [1.82, 2.24) is 0 Å². The molecule has 27 heavy (non-hydrogen) atoms. The molecule has 0 bridgehead atoms. The second-order valence-electron chi connectivity index (χ2n) is 11.2. The maximum Gasteiger partial charge on any atom is -0.0268 e. The van der Waals surface area contributed by atoms with E-state index in [1.54, 1.807) is 0 Å². The summed E-state index contributed by atoms with van der Waals surface area (Å²) in [6.45, 7) is 27.8. The van der Waals surface area contributed by atoms with Crippen molar-refractivity contribution in [1.29, 1.82) is 0 Å². The maximum absolute atomic E-state index is 4.45. The largest absolute Gasteiger partial charge is 0.100 e. The first-order valence-corrected chi connectivity index (χ1v) is 11.8. The van der Waals surface area contributed by atoms with Crippen molar-refractivity contribution < 1.29 is 0 Å². The van der Waals surface area contributed by atoms with Crippen LogP contribution in [0.3, 0.4) is 0 Å². The van der Waals surface area contributed by atoms with Gasteiger partial charge in [-0.25, -0.2) is 0 Å². The molecule has 0 nitrogen and oxygen atoms in total. The van der Waals surface area contributed by atoms with Gasteiger partial charge < -0.3 is 0 Å². The summed E-state index contributed by atoms with van der Waals surface area (Å²) in [5.41, 5.74) is 3.05. The summed E-state index contributed by atoms with van der Waals surface area (Å²) in [4.78, 5) is 0. The third kappa shape index (κ3) is 8.16. The molecule has 0 aromatic heterocycles. The van der Waals surface area contributed by atoms with E-state index in [1.165, 1.54) is 49.7 Å². The third-order valence-corrected chi connectivity index (χ3v) is 7.62. The number of allylic oxidation sites excluding steroid dienone is 2. The van der Waals surface area contributed by atoms with Gasteiger partial charge in [-0.1, -0.05) is 79.0 Å². The van der Waals surface area contributed by atoms with Crippen molar-refractivity contribution in [2.75, 3.05) is 0 Å². The molecule has 0 heterocycles. The minimum atomic E-state index is 0.307. The van der Waals surface area contributed by atoms with Crippen LogP contribution in [0.25, 0.3) is 0 Å². The maximum atomic E-state index is 4.45. The van der Waals surface area contributed by atoms with Gasteiger partial charge in [0.15, 0.2) is 0 Å². The van der Waals surface area contributed by atoms with E-state index in [9.17, 15) is 0 Å². The lowest BCUT2D eigenvalue weighted by atomic mass is 9.61. The average Bonchev–Trinajstić information content (AvgIpc) is 2.52. The van der Waals surface area contributed by atoms with Gasteiger partial charge in [-0.2, -0.15) is 0 Å². The van der Waals surface area contributed by atoms with Gasteiger partial charge in [-0.15, -0.1) is 6.58 Å². The van der Waals surface area contributed by atoms with Gasteiger partial charge in [-0.3, -0.25) is 0 Å². The molecule has 158 valence electrons. The Bertz CT molecular complexity index is 468. The Morgan fingerprint density at radius 3 is 2.15 bits per heavy atom. The van der Waals surface area contributed by atoms with E-state index in [0.29, 0.717) is 5.41 Å². The fourth-order valence-corrected chi connectivity index (χ4v) is 6.01. The number of hydrogen-bond donors (Lipinski definition) is 0. The smallest absolute Gasteiger partial charge is 0.0268 e. The fourth-order valence-electron chi connectivity index (χ4n) is 6.01. The lowest BCUT2D eigenvalue weighted by molar-refractivity contribution is 0.0494. The minimum Gasteiger partial charge on any atom is -0.100 e. The zero-order valence-electron chi connectivity index (χ0n) is 20.0. The standard InChI is InChI=1S/C27H50/c1-11-12-20(4)15-26-16-25(23(7)22(6)24(26)8)14-13-21(5)18-27(9,10)17-19(2)3/h20,22-26H,2,5,11-18H2,1,3-4,6-10H3. The van der Waals surface area contributed by atoms with Crippen LogP contribution in [-0.2, 0) is 0 Å². The molecule has 0 saturated heterocycles. The Morgan fingerprint density at radius 2 is 1.59 bits per heavy atom. The molecule has 1 aliphatic carbocycles. The van der Waals surface area contributed by atoms with Gasteiger partial charge in [-0.05, 0) is 86.4 Å². The highest BCUT2D eigenvalue weighted by atomic mass is 14.4. The van der Waals surface area contributed by atoms with Crippen molar-refractivity contribution in [3.05, 3.63) is 24.3 Å². The van der Waals surface area contributed by atoms with Gasteiger partial charge in [0.2, 0.25) is 0 Å². The lowest BCUT2D eigenvalue weighted by Crippen LogP contribution is -2.37. The highest BCUT2D eigenvalue weighted by Crippen LogP contribution is 2.46. The molecule has 0 aromatic carbocycles. The molecule has 1 saturated carbocycles. The summed E-state index contributed by atoms with van der Waals surface area (Å²) in [6, 6.07) is 0. The molecule has 0 radical (unpaired) electrons. The summed E-state index contributed by atoms with van der Waals surface area (Å²) in [5, 5.41) is 0. The zero-order chi connectivity index (χ0) is 20.8. The summed E-state index contributed by atoms with van der Waals surface area (Å²) in [5.74, 6) is 5.30. The highest BCUT2D eigenvalue weighted by molar-refractivity contribution is 5.03. The predicted molar refractivity (Wildman–Crippen MR) is 124 cm³/mol. The van der Waals surface area contributed by atoms with Crippen LogP contribution < -0.4 is 0 Å². The predicted octanol–water partition coefficient (Wildman–Crippen LogP) is 9.08. The van der Waals surface area contributed by atoms with Gasteiger partial charge in [0.1, 0.15) is 0 Å². The molecule has 0 amide bonds. The lowest BCUT2D eigenvalue weighted by Gasteiger charge is -2.45. The summed E-state index contributed by atoms with van der Waals surface area (Å²) in [7, 11) is 0. The van der Waals surface area contributed by atoms with E-state index < -0.39 is 0 Å². The van der Waals surface area contributed by atoms with Crippen LogP contribution in [0.2, 0.25) is 0 Å². The molecule has 0 spiro atoms. The Hall–Kier alpha value is -0.520. The monoisotopic (exact) mass is 374 g/mol. The van der Waals surface area contributed by atoms with Crippen molar-refractivity contribution in [3.8, 4) is 0 Å². The van der Waals surface area contributed by atoms with Gasteiger partial charge in [0.25, 0.3) is 0 Å². The number of hydrogen-bond acceptors (Lipinski definition) is 0. The Morgan fingerprint density at radius 1 is 1.00 bits per heavy atom. The summed E-state index contributed by atoms with van der Waals surface area (Å²) >= 11 is 0. The molecule has 1 fully saturated rings. The van der Waals surface area contributed by atoms with Crippen molar-refractivity contribution >= 4 is 0 Å². The minimum absolute atomic E-state index is 0.307. The third-order valence-electron chi connectivity index (χ3n) is 7.62. The average molecular weight is 375 g/mol. The Kier molecular flexibility index (Phi) is 9.87. The highest BCUT2D eigenvalue weighted by Gasteiger charge is 2.38. The molecule has 0 heteroatoms. The van der Waals surface area contributed by atoms with Gasteiger partial charge in [0.05, 0.1) is 0 Å². The van der Waals surface area contributed by atoms with E-state index in [2.05, 4.69) is 68.5 Å². The van der Waals surface area contributed by atoms with Crippen molar-refractivity contribution in [2.45, 2.75) is 107 Å². The van der Waals surface area contributed by atoms with E-state index in [1.807, 2.05) is 0 Å². The quantitative estimate of drug-likeness (QED) is 0.316. The van der Waals surface area contributed by atoms with E-state index in [0.717, 1.165) is 48.3 Å². The normalized spacial score (nSPS) is 30.1. The molecular formula is C27H50. The molecule has 0 N–H and O–H groups in total. The van der Waals surface area contributed by atoms with E-state index >= 15 is 0 Å². The Balaban J connectivity index is 2.61. The van der Waals surface area contributed by atoms with E-state index in [-0.39, 0.29) is 0 Å². The van der Waals surface area contributed by atoms with Crippen LogP contribution in [0.15, 0.2) is 24.3 Å².